The summed E-state index contributed by atoms with van der Waals surface area (Å²) in [4.78, 5) is 11.0. The van der Waals surface area contributed by atoms with E-state index in [1.165, 1.54) is 0 Å². The van der Waals surface area contributed by atoms with Crippen molar-refractivity contribution in [2.45, 2.75) is 50.5 Å². The van der Waals surface area contributed by atoms with Crippen molar-refractivity contribution in [3.05, 3.63) is 0 Å². The lowest BCUT2D eigenvalue weighted by Crippen LogP contribution is -2.33. The van der Waals surface area contributed by atoms with Gasteiger partial charge in [0.2, 0.25) is 0 Å². The maximum absolute atomic E-state index is 11.0. The highest BCUT2D eigenvalue weighted by molar-refractivity contribution is 5.78. The molecule has 2 N–H and O–H groups in total. The Balaban J connectivity index is 1.90. The van der Waals surface area contributed by atoms with Crippen LogP contribution in [0.15, 0.2) is 0 Å². The molecule has 92 valence electrons. The van der Waals surface area contributed by atoms with Gasteiger partial charge in [-0.1, -0.05) is 13.3 Å². The van der Waals surface area contributed by atoms with Gasteiger partial charge in [0.1, 0.15) is 12.2 Å². The zero-order chi connectivity index (χ0) is 11.7. The molecule has 0 aromatic rings. The first-order valence-electron chi connectivity index (χ1n) is 5.49. The van der Waals surface area contributed by atoms with E-state index < -0.39 is 36.7 Å². The second kappa shape index (κ2) is 4.67. The first-order chi connectivity index (χ1) is 7.65. The molecule has 0 aromatic heterocycles. The van der Waals surface area contributed by atoms with Crippen LogP contribution in [0.5, 0.6) is 0 Å². The largest absolute Gasteiger partial charge is 0.454 e. The molecule has 0 aliphatic carbocycles. The third-order valence-corrected chi connectivity index (χ3v) is 2.82. The van der Waals surface area contributed by atoms with Crippen LogP contribution in [0.4, 0.5) is 0 Å². The number of hydrogen-bond acceptors (Lipinski definition) is 6. The molecule has 2 aliphatic heterocycles. The van der Waals surface area contributed by atoms with E-state index in [4.69, 9.17) is 14.2 Å². The van der Waals surface area contributed by atoms with Crippen molar-refractivity contribution in [1.82, 2.24) is 0 Å². The van der Waals surface area contributed by atoms with Gasteiger partial charge in [-0.2, -0.15) is 0 Å². The quantitative estimate of drug-likeness (QED) is 0.486. The van der Waals surface area contributed by atoms with Crippen LogP contribution in [0.2, 0.25) is 0 Å². The Morgan fingerprint density at radius 2 is 2.12 bits per heavy atom. The molecule has 2 heterocycles. The lowest BCUT2D eigenvalue weighted by molar-refractivity contribution is -0.187. The van der Waals surface area contributed by atoms with E-state index >= 15 is 0 Å². The molecule has 0 bridgehead atoms. The van der Waals surface area contributed by atoms with E-state index in [1.807, 2.05) is 6.92 Å². The minimum atomic E-state index is -1.32. The van der Waals surface area contributed by atoms with Gasteiger partial charge in [0.05, 0.1) is 0 Å². The van der Waals surface area contributed by atoms with E-state index in [0.29, 0.717) is 6.61 Å². The number of carbonyl (C=O) groups is 1. The Hall–Kier alpha value is -0.690. The Kier molecular flexibility index (Phi) is 3.44. The predicted octanol–water partition coefficient (Wildman–Crippen LogP) is -0.825. The van der Waals surface area contributed by atoms with Gasteiger partial charge in [0.15, 0.2) is 18.5 Å². The fraction of sp³-hybridized carbons (Fsp3) is 0.900. The van der Waals surface area contributed by atoms with Gasteiger partial charge in [-0.05, 0) is 6.42 Å². The highest BCUT2D eigenvalue weighted by atomic mass is 16.7. The molecule has 2 fully saturated rings. The second-order valence-corrected chi connectivity index (χ2v) is 4.03. The lowest BCUT2D eigenvalue weighted by atomic mass is 10.1. The van der Waals surface area contributed by atoms with Crippen molar-refractivity contribution in [2.24, 2.45) is 0 Å². The number of aliphatic hydroxyl groups is 2. The van der Waals surface area contributed by atoms with Crippen molar-refractivity contribution in [3.8, 4) is 0 Å². The summed E-state index contributed by atoms with van der Waals surface area (Å²) in [6, 6.07) is 0. The normalized spacial score (nSPS) is 42.2. The van der Waals surface area contributed by atoms with Gasteiger partial charge in [0.25, 0.3) is 0 Å². The van der Waals surface area contributed by atoms with Gasteiger partial charge in [0, 0.05) is 6.61 Å². The minimum absolute atomic E-state index is 0.474. The smallest absolute Gasteiger partial charge is 0.338 e. The number of ether oxygens (including phenoxy) is 3. The first kappa shape index (κ1) is 11.8. The number of carbonyl (C=O) groups excluding carboxylic acids is 1. The molecule has 0 unspecified atom stereocenters. The van der Waals surface area contributed by atoms with Crippen LogP contribution in [0.1, 0.15) is 19.8 Å². The summed E-state index contributed by atoms with van der Waals surface area (Å²) in [6.07, 6.45) is -2.94. The maximum atomic E-state index is 11.0. The summed E-state index contributed by atoms with van der Waals surface area (Å²) in [5.74, 6) is -0.749. The number of unbranched alkanes of at least 4 members (excludes halogenated alkanes) is 1. The molecule has 0 amide bonds. The molecular formula is C10H16O6. The van der Waals surface area contributed by atoms with E-state index in [1.54, 1.807) is 0 Å². The molecule has 0 aromatic carbocycles. The number of rotatable bonds is 4. The van der Waals surface area contributed by atoms with Crippen LogP contribution in [0.25, 0.3) is 0 Å². The molecule has 0 saturated carbocycles. The Morgan fingerprint density at radius 3 is 2.75 bits per heavy atom. The van der Waals surface area contributed by atoms with Crippen LogP contribution in [-0.4, -0.2) is 53.5 Å². The van der Waals surface area contributed by atoms with Crippen LogP contribution in [-0.2, 0) is 19.0 Å². The molecule has 16 heavy (non-hydrogen) atoms. The molecule has 2 rings (SSSR count). The van der Waals surface area contributed by atoms with Crippen molar-refractivity contribution >= 4 is 5.97 Å². The average molecular weight is 232 g/mol. The van der Waals surface area contributed by atoms with Crippen LogP contribution >= 0.6 is 0 Å². The molecule has 6 heteroatoms. The number of hydrogen-bond donors (Lipinski definition) is 2. The highest BCUT2D eigenvalue weighted by Gasteiger charge is 2.56. The SMILES string of the molecule is CCCCO[C@@H]1O[C@H]2[C@H](OC(=O)[C@H]2O)[C@H]1O. The number of aliphatic hydroxyl groups excluding tert-OH is 2. The summed E-state index contributed by atoms with van der Waals surface area (Å²) < 4.78 is 15.4. The van der Waals surface area contributed by atoms with Crippen LogP contribution in [0.3, 0.4) is 0 Å². The van der Waals surface area contributed by atoms with Gasteiger partial charge >= 0.3 is 5.97 Å². The Labute approximate surface area is 93.1 Å². The Morgan fingerprint density at radius 1 is 1.38 bits per heavy atom. The average Bonchev–Trinajstić information content (AvgIpc) is 2.70. The fourth-order valence-corrected chi connectivity index (χ4v) is 1.87. The van der Waals surface area contributed by atoms with Crippen molar-refractivity contribution in [3.63, 3.8) is 0 Å². The van der Waals surface area contributed by atoms with Crippen LogP contribution < -0.4 is 0 Å². The van der Waals surface area contributed by atoms with E-state index in [-0.39, 0.29) is 0 Å². The molecule has 2 aliphatic rings. The third-order valence-electron chi connectivity index (χ3n) is 2.82. The van der Waals surface area contributed by atoms with Crippen LogP contribution in [0, 0.1) is 0 Å². The Bertz CT molecular complexity index is 268. The molecular weight excluding hydrogens is 216 g/mol. The monoisotopic (exact) mass is 232 g/mol. The summed E-state index contributed by atoms with van der Waals surface area (Å²) in [5.41, 5.74) is 0. The summed E-state index contributed by atoms with van der Waals surface area (Å²) in [6.45, 7) is 2.50. The minimum Gasteiger partial charge on any atom is -0.454 e. The van der Waals surface area contributed by atoms with Gasteiger partial charge in [-0.15, -0.1) is 0 Å². The molecule has 6 nitrogen and oxygen atoms in total. The van der Waals surface area contributed by atoms with E-state index in [2.05, 4.69) is 0 Å². The van der Waals surface area contributed by atoms with E-state index in [9.17, 15) is 15.0 Å². The number of fused-ring (bicyclic) bond motifs is 1. The van der Waals surface area contributed by atoms with Gasteiger partial charge < -0.3 is 24.4 Å². The second-order valence-electron chi connectivity index (χ2n) is 4.03. The van der Waals surface area contributed by atoms with Gasteiger partial charge in [-0.25, -0.2) is 4.79 Å². The predicted molar refractivity (Wildman–Crippen MR) is 51.4 cm³/mol. The topological polar surface area (TPSA) is 85.2 Å². The van der Waals surface area contributed by atoms with Crippen molar-refractivity contribution < 1.29 is 29.2 Å². The zero-order valence-corrected chi connectivity index (χ0v) is 9.04. The van der Waals surface area contributed by atoms with E-state index in [0.717, 1.165) is 12.8 Å². The lowest BCUT2D eigenvalue weighted by Gasteiger charge is -2.17. The molecule has 5 atom stereocenters. The maximum Gasteiger partial charge on any atom is 0.338 e. The fourth-order valence-electron chi connectivity index (χ4n) is 1.87. The molecule has 2 saturated heterocycles. The summed E-state index contributed by atoms with van der Waals surface area (Å²) in [5, 5.41) is 19.2. The standard InChI is InChI=1S/C10H16O6/c1-2-3-4-14-10-6(12)8-7(16-10)5(11)9(13)15-8/h5-8,10-12H,2-4H2,1H3/t5-,6+,7+,8+,10+/m0/s1. The summed E-state index contributed by atoms with van der Waals surface area (Å²) >= 11 is 0. The number of esters is 1. The van der Waals surface area contributed by atoms with Crippen molar-refractivity contribution in [2.75, 3.05) is 6.61 Å². The highest BCUT2D eigenvalue weighted by Crippen LogP contribution is 2.32. The summed E-state index contributed by atoms with van der Waals surface area (Å²) in [7, 11) is 0. The van der Waals surface area contributed by atoms with Gasteiger partial charge in [-0.3, -0.25) is 0 Å². The third kappa shape index (κ3) is 1.93. The first-order valence-corrected chi connectivity index (χ1v) is 5.49. The zero-order valence-electron chi connectivity index (χ0n) is 9.04. The molecule has 0 radical (unpaired) electrons. The molecule has 0 spiro atoms. The van der Waals surface area contributed by atoms with Crippen molar-refractivity contribution in [1.29, 1.82) is 0 Å².